The Bertz CT molecular complexity index is 559. The second-order valence-corrected chi connectivity index (χ2v) is 5.74. The van der Waals surface area contributed by atoms with Crippen molar-refractivity contribution in [2.45, 2.75) is 25.8 Å². The minimum atomic E-state index is -0.507. The normalized spacial score (nSPS) is 17.4. The number of nitrogens with one attached hydrogen (secondary N) is 2. The number of rotatable bonds is 2. The highest BCUT2D eigenvalue weighted by atomic mass is 79.9. The summed E-state index contributed by atoms with van der Waals surface area (Å²) in [6.07, 6.45) is 1.40. The second kappa shape index (κ2) is 6.71. The van der Waals surface area contributed by atoms with E-state index < -0.39 is 11.9 Å². The summed E-state index contributed by atoms with van der Waals surface area (Å²) >= 11 is 3.28. The number of carbonyl (C=O) groups excluding carboxylic acids is 3. The van der Waals surface area contributed by atoms with Crippen LogP contribution < -0.4 is 10.9 Å². The third kappa shape index (κ3) is 3.81. The van der Waals surface area contributed by atoms with Gasteiger partial charge in [-0.15, -0.1) is 0 Å². The van der Waals surface area contributed by atoms with Gasteiger partial charge in [0.1, 0.15) is 6.04 Å². The van der Waals surface area contributed by atoms with E-state index in [1.165, 1.54) is 11.8 Å². The van der Waals surface area contributed by atoms with E-state index in [0.29, 0.717) is 18.5 Å². The van der Waals surface area contributed by atoms with E-state index in [1.54, 1.807) is 24.3 Å². The third-order valence-corrected chi connectivity index (χ3v) is 3.89. The molecule has 0 radical (unpaired) electrons. The number of hydrazine groups is 1. The Morgan fingerprint density at radius 1 is 1.19 bits per heavy atom. The van der Waals surface area contributed by atoms with Crippen LogP contribution in [0, 0.1) is 0 Å². The molecule has 1 aromatic rings. The van der Waals surface area contributed by atoms with Crippen LogP contribution in [0.3, 0.4) is 0 Å². The molecule has 1 aliphatic rings. The first kappa shape index (κ1) is 15.5. The molecule has 1 fully saturated rings. The first-order chi connectivity index (χ1) is 9.99. The maximum Gasteiger partial charge on any atom is 0.269 e. The highest BCUT2D eigenvalue weighted by molar-refractivity contribution is 9.10. The predicted molar refractivity (Wildman–Crippen MR) is 80.2 cm³/mol. The molecule has 0 spiro atoms. The average Bonchev–Trinajstić information content (AvgIpc) is 2.95. The van der Waals surface area contributed by atoms with Gasteiger partial charge in [-0.05, 0) is 37.1 Å². The van der Waals surface area contributed by atoms with Crippen molar-refractivity contribution in [2.75, 3.05) is 6.54 Å². The second-order valence-electron chi connectivity index (χ2n) is 4.82. The lowest BCUT2D eigenvalue weighted by Gasteiger charge is -2.22. The van der Waals surface area contributed by atoms with Crippen LogP contribution in [0.4, 0.5) is 0 Å². The first-order valence-electron chi connectivity index (χ1n) is 6.62. The van der Waals surface area contributed by atoms with Gasteiger partial charge < -0.3 is 4.90 Å². The van der Waals surface area contributed by atoms with Crippen molar-refractivity contribution in [1.29, 1.82) is 0 Å². The average molecular weight is 354 g/mol. The highest BCUT2D eigenvalue weighted by Gasteiger charge is 2.32. The summed E-state index contributed by atoms with van der Waals surface area (Å²) in [4.78, 5) is 36.8. The van der Waals surface area contributed by atoms with E-state index in [2.05, 4.69) is 26.8 Å². The first-order valence-corrected chi connectivity index (χ1v) is 7.41. The molecule has 2 rings (SSSR count). The van der Waals surface area contributed by atoms with Crippen LogP contribution in [-0.4, -0.2) is 35.2 Å². The molecule has 21 heavy (non-hydrogen) atoms. The van der Waals surface area contributed by atoms with E-state index in [0.717, 1.165) is 10.9 Å². The fourth-order valence-electron chi connectivity index (χ4n) is 2.29. The minimum Gasteiger partial charge on any atom is -0.331 e. The quantitative estimate of drug-likeness (QED) is 0.784. The Morgan fingerprint density at radius 2 is 1.86 bits per heavy atom. The Hall–Kier alpha value is -1.89. The van der Waals surface area contributed by atoms with Gasteiger partial charge in [0.2, 0.25) is 5.91 Å². The lowest BCUT2D eigenvalue weighted by molar-refractivity contribution is -0.137. The topological polar surface area (TPSA) is 78.5 Å². The molecule has 7 heteroatoms. The van der Waals surface area contributed by atoms with Crippen molar-refractivity contribution >= 4 is 33.7 Å². The number of carbonyl (C=O) groups is 3. The summed E-state index contributed by atoms with van der Waals surface area (Å²) in [6.45, 7) is 2.01. The summed E-state index contributed by atoms with van der Waals surface area (Å²) in [5.74, 6) is -0.900. The number of hydrogen-bond acceptors (Lipinski definition) is 3. The van der Waals surface area contributed by atoms with Crippen molar-refractivity contribution < 1.29 is 14.4 Å². The zero-order valence-corrected chi connectivity index (χ0v) is 13.1. The zero-order valence-electron chi connectivity index (χ0n) is 11.6. The summed E-state index contributed by atoms with van der Waals surface area (Å²) in [5, 5.41) is 0. The number of benzene rings is 1. The number of amides is 3. The fraction of sp³-hybridized carbons (Fsp3) is 0.357. The van der Waals surface area contributed by atoms with Gasteiger partial charge in [-0.3, -0.25) is 25.2 Å². The largest absolute Gasteiger partial charge is 0.331 e. The van der Waals surface area contributed by atoms with E-state index >= 15 is 0 Å². The molecular weight excluding hydrogens is 338 g/mol. The monoisotopic (exact) mass is 353 g/mol. The fourth-order valence-corrected chi connectivity index (χ4v) is 2.56. The van der Waals surface area contributed by atoms with E-state index in [-0.39, 0.29) is 11.8 Å². The molecule has 0 bridgehead atoms. The molecule has 1 atom stereocenters. The summed E-state index contributed by atoms with van der Waals surface area (Å²) in [6, 6.07) is 6.26. The molecule has 1 unspecified atom stereocenters. The molecule has 1 aliphatic heterocycles. The summed E-state index contributed by atoms with van der Waals surface area (Å²) < 4.78 is 0.867. The van der Waals surface area contributed by atoms with Gasteiger partial charge in [0.15, 0.2) is 0 Å². The van der Waals surface area contributed by atoms with Crippen LogP contribution in [0.2, 0.25) is 0 Å². The minimum absolute atomic E-state index is 0.133. The van der Waals surface area contributed by atoms with E-state index in [9.17, 15) is 14.4 Å². The zero-order chi connectivity index (χ0) is 15.4. The van der Waals surface area contributed by atoms with Gasteiger partial charge in [0, 0.05) is 23.5 Å². The van der Waals surface area contributed by atoms with Crippen LogP contribution >= 0.6 is 15.9 Å². The third-order valence-electron chi connectivity index (χ3n) is 3.37. The summed E-state index contributed by atoms with van der Waals surface area (Å²) in [7, 11) is 0. The molecule has 0 aromatic heterocycles. The van der Waals surface area contributed by atoms with Gasteiger partial charge in [-0.1, -0.05) is 15.9 Å². The number of hydrogen-bond donors (Lipinski definition) is 2. The molecule has 0 saturated carbocycles. The molecule has 0 aliphatic carbocycles. The number of nitrogens with zero attached hydrogens (tertiary/aromatic N) is 1. The van der Waals surface area contributed by atoms with Gasteiger partial charge in [-0.25, -0.2) is 0 Å². The maximum absolute atomic E-state index is 12.0. The predicted octanol–water partition coefficient (Wildman–Crippen LogP) is 1.22. The van der Waals surface area contributed by atoms with Crippen LogP contribution in [-0.2, 0) is 9.59 Å². The molecule has 3 amide bonds. The molecule has 2 N–H and O–H groups in total. The molecule has 1 heterocycles. The maximum atomic E-state index is 12.0. The van der Waals surface area contributed by atoms with Crippen LogP contribution in [0.15, 0.2) is 28.7 Å². The van der Waals surface area contributed by atoms with Crippen molar-refractivity contribution in [1.82, 2.24) is 15.8 Å². The Labute approximate surface area is 131 Å². The number of halogens is 1. The van der Waals surface area contributed by atoms with E-state index in [1.807, 2.05) is 0 Å². The lowest BCUT2D eigenvalue weighted by atomic mass is 10.2. The summed E-state index contributed by atoms with van der Waals surface area (Å²) in [5.41, 5.74) is 5.18. The molecular formula is C14H16BrN3O3. The van der Waals surface area contributed by atoms with Crippen LogP contribution in [0.1, 0.15) is 30.1 Å². The Kier molecular flexibility index (Phi) is 4.95. The Morgan fingerprint density at radius 3 is 2.48 bits per heavy atom. The molecule has 112 valence electrons. The van der Waals surface area contributed by atoms with E-state index in [4.69, 9.17) is 0 Å². The smallest absolute Gasteiger partial charge is 0.269 e. The molecule has 6 nitrogen and oxygen atoms in total. The van der Waals surface area contributed by atoms with Crippen molar-refractivity contribution in [3.8, 4) is 0 Å². The molecule has 1 saturated heterocycles. The van der Waals surface area contributed by atoms with Crippen LogP contribution in [0.25, 0.3) is 0 Å². The van der Waals surface area contributed by atoms with Crippen molar-refractivity contribution in [2.24, 2.45) is 0 Å². The van der Waals surface area contributed by atoms with Gasteiger partial charge >= 0.3 is 0 Å². The Balaban J connectivity index is 1.90. The number of likely N-dealkylation sites (tertiary alicyclic amines) is 1. The standard InChI is InChI=1S/C14H16BrN3O3/c1-9(19)18-8-2-3-12(18)14(21)17-16-13(20)10-4-6-11(15)7-5-10/h4-7,12H,2-3,8H2,1H3,(H,16,20)(H,17,21). The van der Waals surface area contributed by atoms with Gasteiger partial charge in [0.25, 0.3) is 11.8 Å². The lowest BCUT2D eigenvalue weighted by Crippen LogP contribution is -2.51. The van der Waals surface area contributed by atoms with Crippen molar-refractivity contribution in [3.05, 3.63) is 34.3 Å². The molecule has 1 aromatic carbocycles. The SMILES string of the molecule is CC(=O)N1CCCC1C(=O)NNC(=O)c1ccc(Br)cc1. The highest BCUT2D eigenvalue weighted by Crippen LogP contribution is 2.17. The van der Waals surface area contributed by atoms with Gasteiger partial charge in [-0.2, -0.15) is 0 Å². The van der Waals surface area contributed by atoms with Gasteiger partial charge in [0.05, 0.1) is 0 Å². The van der Waals surface area contributed by atoms with Crippen molar-refractivity contribution in [3.63, 3.8) is 0 Å². The van der Waals surface area contributed by atoms with Crippen LogP contribution in [0.5, 0.6) is 0 Å².